The number of nitrogens with zero attached hydrogens (tertiary/aromatic N) is 2. The highest BCUT2D eigenvalue weighted by molar-refractivity contribution is 14.0. The number of carbonyl (C=O) groups excluding carboxylic acids is 1. The second-order valence-corrected chi connectivity index (χ2v) is 6.36. The molecule has 4 N–H and O–H groups in total. The summed E-state index contributed by atoms with van der Waals surface area (Å²) in [6, 6.07) is 7.22. The topological polar surface area (TPSA) is 92.4 Å². The summed E-state index contributed by atoms with van der Waals surface area (Å²) in [5.74, 6) is 0.318. The molecule has 0 saturated carbocycles. The Labute approximate surface area is 169 Å². The molecule has 1 amide bonds. The lowest BCUT2D eigenvalue weighted by molar-refractivity contribution is 0.1000. The average Bonchev–Trinajstić information content (AvgIpc) is 2.98. The molecule has 0 spiro atoms. The molecule has 1 heterocycles. The van der Waals surface area contributed by atoms with Crippen LogP contribution >= 0.6 is 35.3 Å². The van der Waals surface area contributed by atoms with Gasteiger partial charge in [0, 0.05) is 30.5 Å². The number of hydrogen-bond donors (Lipinski definition) is 3. The summed E-state index contributed by atoms with van der Waals surface area (Å²) in [5, 5.41) is 9.67. The fraction of sp³-hybridized carbons (Fsp3) is 0.353. The number of aryl methyl sites for hydroxylation is 1. The van der Waals surface area contributed by atoms with E-state index in [1.54, 1.807) is 23.5 Å². The first-order chi connectivity index (χ1) is 11.6. The van der Waals surface area contributed by atoms with Crippen LogP contribution in [0.5, 0.6) is 0 Å². The predicted octanol–water partition coefficient (Wildman–Crippen LogP) is 2.47. The number of primary amides is 1. The lowest BCUT2D eigenvalue weighted by Gasteiger charge is -2.11. The van der Waals surface area contributed by atoms with E-state index < -0.39 is 5.91 Å². The molecular weight excluding hydrogens is 449 g/mol. The summed E-state index contributed by atoms with van der Waals surface area (Å²) in [7, 11) is 0. The summed E-state index contributed by atoms with van der Waals surface area (Å²) in [5.41, 5.74) is 7.84. The second kappa shape index (κ2) is 11.0. The van der Waals surface area contributed by atoms with Gasteiger partial charge in [0.1, 0.15) is 0 Å². The van der Waals surface area contributed by atoms with Crippen LogP contribution in [0, 0.1) is 6.92 Å². The lowest BCUT2D eigenvalue weighted by atomic mass is 10.1. The molecule has 0 fully saturated rings. The lowest BCUT2D eigenvalue weighted by Crippen LogP contribution is -2.38. The van der Waals surface area contributed by atoms with Crippen LogP contribution in [-0.2, 0) is 13.0 Å². The molecule has 0 aliphatic carbocycles. The highest BCUT2D eigenvalue weighted by Crippen LogP contribution is 2.08. The number of guanidine groups is 1. The predicted molar refractivity (Wildman–Crippen MR) is 114 cm³/mol. The maximum Gasteiger partial charge on any atom is 0.248 e. The van der Waals surface area contributed by atoms with Crippen molar-refractivity contribution in [3.05, 3.63) is 51.5 Å². The van der Waals surface area contributed by atoms with E-state index >= 15 is 0 Å². The standard InChI is InChI=1S/C17H23N5OS.HI/c1-3-19-17(20-8-7-15-11-24-12(2)22-15)21-10-13-5-4-6-14(9-13)16(18)23;/h4-6,9,11H,3,7-8,10H2,1-2H3,(H2,18,23)(H2,19,20,21);1H. The van der Waals surface area contributed by atoms with Crippen molar-refractivity contribution in [2.45, 2.75) is 26.8 Å². The zero-order valence-corrected chi connectivity index (χ0v) is 17.6. The van der Waals surface area contributed by atoms with Crippen LogP contribution < -0.4 is 16.4 Å². The Morgan fingerprint density at radius 1 is 1.36 bits per heavy atom. The van der Waals surface area contributed by atoms with Gasteiger partial charge in [-0.05, 0) is 31.5 Å². The number of nitrogens with one attached hydrogen (secondary N) is 2. The van der Waals surface area contributed by atoms with Crippen LogP contribution in [0.1, 0.15) is 33.5 Å². The smallest absolute Gasteiger partial charge is 0.248 e. The van der Waals surface area contributed by atoms with Gasteiger partial charge < -0.3 is 16.4 Å². The Morgan fingerprint density at radius 2 is 2.16 bits per heavy atom. The highest BCUT2D eigenvalue weighted by Gasteiger charge is 2.03. The SMILES string of the molecule is CCNC(=NCc1cccc(C(N)=O)c1)NCCc1csc(C)n1.I. The number of rotatable bonds is 7. The van der Waals surface area contributed by atoms with Crippen molar-refractivity contribution in [3.63, 3.8) is 0 Å². The van der Waals surface area contributed by atoms with E-state index in [4.69, 9.17) is 5.73 Å². The number of aromatic nitrogens is 1. The summed E-state index contributed by atoms with van der Waals surface area (Å²) in [4.78, 5) is 20.2. The molecule has 1 aromatic heterocycles. The minimum atomic E-state index is -0.426. The third-order valence-corrected chi connectivity index (χ3v) is 4.14. The van der Waals surface area contributed by atoms with Crippen molar-refractivity contribution in [1.29, 1.82) is 0 Å². The van der Waals surface area contributed by atoms with Crippen molar-refractivity contribution in [1.82, 2.24) is 15.6 Å². The number of nitrogens with two attached hydrogens (primary N) is 1. The number of amides is 1. The molecule has 136 valence electrons. The van der Waals surface area contributed by atoms with E-state index in [0.29, 0.717) is 12.1 Å². The Balaban J connectivity index is 0.00000312. The van der Waals surface area contributed by atoms with Gasteiger partial charge >= 0.3 is 0 Å². The van der Waals surface area contributed by atoms with E-state index in [1.807, 2.05) is 26.0 Å². The first-order valence-corrected chi connectivity index (χ1v) is 8.78. The first kappa shape index (κ1) is 21.4. The van der Waals surface area contributed by atoms with Gasteiger partial charge in [-0.1, -0.05) is 12.1 Å². The van der Waals surface area contributed by atoms with Crippen LogP contribution in [0.4, 0.5) is 0 Å². The van der Waals surface area contributed by atoms with E-state index in [0.717, 1.165) is 41.7 Å². The van der Waals surface area contributed by atoms with Gasteiger partial charge in [-0.3, -0.25) is 4.79 Å². The third-order valence-electron chi connectivity index (χ3n) is 3.32. The monoisotopic (exact) mass is 473 g/mol. The number of halogens is 1. The molecule has 0 unspecified atom stereocenters. The van der Waals surface area contributed by atoms with Gasteiger partial charge in [-0.25, -0.2) is 9.98 Å². The zero-order valence-electron chi connectivity index (χ0n) is 14.4. The van der Waals surface area contributed by atoms with Crippen molar-refractivity contribution in [2.75, 3.05) is 13.1 Å². The van der Waals surface area contributed by atoms with Crippen molar-refractivity contribution < 1.29 is 4.79 Å². The number of thiazole rings is 1. The summed E-state index contributed by atoms with van der Waals surface area (Å²) < 4.78 is 0. The van der Waals surface area contributed by atoms with Crippen LogP contribution in [0.2, 0.25) is 0 Å². The number of benzene rings is 1. The Morgan fingerprint density at radius 3 is 2.80 bits per heavy atom. The summed E-state index contributed by atoms with van der Waals surface area (Å²) >= 11 is 1.66. The molecule has 0 radical (unpaired) electrons. The molecule has 8 heteroatoms. The first-order valence-electron chi connectivity index (χ1n) is 7.90. The van der Waals surface area contributed by atoms with Gasteiger partial charge in [-0.2, -0.15) is 0 Å². The van der Waals surface area contributed by atoms with Gasteiger partial charge in [-0.15, -0.1) is 35.3 Å². The molecule has 0 aliphatic rings. The minimum Gasteiger partial charge on any atom is -0.366 e. The Bertz CT molecular complexity index is 717. The highest BCUT2D eigenvalue weighted by atomic mass is 127. The van der Waals surface area contributed by atoms with Crippen LogP contribution in [0.3, 0.4) is 0 Å². The molecule has 2 rings (SSSR count). The van der Waals surface area contributed by atoms with Crippen LogP contribution in [0.15, 0.2) is 34.6 Å². The maximum atomic E-state index is 11.2. The molecule has 0 atom stereocenters. The van der Waals surface area contributed by atoms with Crippen LogP contribution in [0.25, 0.3) is 0 Å². The van der Waals surface area contributed by atoms with Crippen LogP contribution in [-0.4, -0.2) is 29.9 Å². The maximum absolute atomic E-state index is 11.2. The average molecular weight is 473 g/mol. The fourth-order valence-electron chi connectivity index (χ4n) is 2.17. The van der Waals surface area contributed by atoms with E-state index in [2.05, 4.69) is 26.0 Å². The van der Waals surface area contributed by atoms with Gasteiger partial charge in [0.15, 0.2) is 5.96 Å². The van der Waals surface area contributed by atoms with E-state index in [-0.39, 0.29) is 24.0 Å². The van der Waals surface area contributed by atoms with Gasteiger partial charge in [0.2, 0.25) is 5.91 Å². The molecular formula is C17H24IN5OS. The Kier molecular flexibility index (Phi) is 9.43. The molecule has 2 aromatic rings. The number of aliphatic imine (C=N–C) groups is 1. The van der Waals surface area contributed by atoms with E-state index in [9.17, 15) is 4.79 Å². The molecule has 6 nitrogen and oxygen atoms in total. The van der Waals surface area contributed by atoms with Crippen molar-refractivity contribution in [2.24, 2.45) is 10.7 Å². The minimum absolute atomic E-state index is 0. The van der Waals surface area contributed by atoms with Gasteiger partial charge in [0.05, 0.1) is 17.2 Å². The van der Waals surface area contributed by atoms with E-state index in [1.165, 1.54) is 0 Å². The number of carbonyl (C=O) groups is 1. The Hall–Kier alpha value is -1.68. The number of hydrogen-bond acceptors (Lipinski definition) is 4. The fourth-order valence-corrected chi connectivity index (χ4v) is 2.81. The van der Waals surface area contributed by atoms with Gasteiger partial charge in [0.25, 0.3) is 0 Å². The van der Waals surface area contributed by atoms with Crippen molar-refractivity contribution >= 4 is 47.2 Å². The summed E-state index contributed by atoms with van der Waals surface area (Å²) in [6.45, 7) is 6.05. The van der Waals surface area contributed by atoms with Crippen molar-refractivity contribution in [3.8, 4) is 0 Å². The third kappa shape index (κ3) is 7.39. The normalized spacial score (nSPS) is 10.9. The molecule has 0 aliphatic heterocycles. The second-order valence-electron chi connectivity index (χ2n) is 5.29. The quantitative estimate of drug-likeness (QED) is 0.327. The zero-order chi connectivity index (χ0) is 17.4. The molecule has 0 saturated heterocycles. The molecule has 0 bridgehead atoms. The summed E-state index contributed by atoms with van der Waals surface area (Å²) in [6.07, 6.45) is 0.853. The largest absolute Gasteiger partial charge is 0.366 e. The molecule has 1 aromatic carbocycles. The molecule has 25 heavy (non-hydrogen) atoms.